The largest absolute Gasteiger partial charge is 0.478 e. The van der Waals surface area contributed by atoms with Crippen molar-refractivity contribution in [3.05, 3.63) is 35.4 Å². The SMILES string of the molecule is O=C(O)c1ccc(CNC(=O)N2CC(O)C(O)C2)cc1. The molecule has 0 spiro atoms. The molecule has 7 nitrogen and oxygen atoms in total. The van der Waals surface area contributed by atoms with Gasteiger partial charge < -0.3 is 25.5 Å². The zero-order valence-corrected chi connectivity index (χ0v) is 10.7. The van der Waals surface area contributed by atoms with Crippen molar-refractivity contribution >= 4 is 12.0 Å². The van der Waals surface area contributed by atoms with Gasteiger partial charge in [0.2, 0.25) is 0 Å². The minimum absolute atomic E-state index is 0.102. The van der Waals surface area contributed by atoms with Gasteiger partial charge in [0.1, 0.15) is 0 Å². The Labute approximate surface area is 115 Å². The number of hydrogen-bond acceptors (Lipinski definition) is 4. The summed E-state index contributed by atoms with van der Waals surface area (Å²) in [5, 5.41) is 30.1. The molecule has 1 aromatic rings. The summed E-state index contributed by atoms with van der Waals surface area (Å²) in [6, 6.07) is 5.80. The number of aliphatic hydroxyl groups excluding tert-OH is 2. The van der Waals surface area contributed by atoms with Gasteiger partial charge >= 0.3 is 12.0 Å². The molecular formula is C13H16N2O5. The van der Waals surface area contributed by atoms with E-state index in [0.29, 0.717) is 0 Å². The number of carbonyl (C=O) groups is 2. The fourth-order valence-corrected chi connectivity index (χ4v) is 1.99. The number of nitrogens with one attached hydrogen (secondary N) is 1. The molecule has 7 heteroatoms. The molecule has 20 heavy (non-hydrogen) atoms. The predicted molar refractivity (Wildman–Crippen MR) is 69.2 cm³/mol. The van der Waals surface area contributed by atoms with Crippen LogP contribution in [0.15, 0.2) is 24.3 Å². The summed E-state index contributed by atoms with van der Waals surface area (Å²) in [7, 11) is 0. The summed E-state index contributed by atoms with van der Waals surface area (Å²) >= 11 is 0. The molecule has 1 saturated heterocycles. The second-order valence-electron chi connectivity index (χ2n) is 4.70. The molecule has 1 aliphatic rings. The van der Waals surface area contributed by atoms with Crippen molar-refractivity contribution in [2.24, 2.45) is 0 Å². The third-order valence-corrected chi connectivity index (χ3v) is 3.19. The highest BCUT2D eigenvalue weighted by Gasteiger charge is 2.32. The number of carbonyl (C=O) groups excluding carboxylic acids is 1. The summed E-state index contributed by atoms with van der Waals surface area (Å²) < 4.78 is 0. The van der Waals surface area contributed by atoms with Gasteiger partial charge in [-0.3, -0.25) is 0 Å². The normalized spacial score (nSPS) is 21.8. The highest BCUT2D eigenvalue weighted by Crippen LogP contribution is 2.10. The first-order valence-electron chi connectivity index (χ1n) is 6.18. The number of rotatable bonds is 3. The Morgan fingerprint density at radius 2 is 1.70 bits per heavy atom. The monoisotopic (exact) mass is 280 g/mol. The first-order valence-corrected chi connectivity index (χ1v) is 6.18. The quantitative estimate of drug-likeness (QED) is 0.604. The molecule has 4 N–H and O–H groups in total. The fraction of sp³-hybridized carbons (Fsp3) is 0.385. The molecule has 2 atom stereocenters. The van der Waals surface area contributed by atoms with Gasteiger partial charge in [0, 0.05) is 6.54 Å². The molecule has 1 aromatic carbocycles. The van der Waals surface area contributed by atoms with Gasteiger partial charge in [-0.05, 0) is 17.7 Å². The standard InChI is InChI=1S/C13H16N2O5/c16-10-6-15(7-11(10)17)13(20)14-5-8-1-3-9(4-2-8)12(18)19/h1-4,10-11,16-17H,5-7H2,(H,14,20)(H,18,19). The molecule has 0 saturated carbocycles. The lowest BCUT2D eigenvalue weighted by atomic mass is 10.1. The molecule has 1 heterocycles. The van der Waals surface area contributed by atoms with Crippen LogP contribution in [0.2, 0.25) is 0 Å². The Hall–Kier alpha value is -2.12. The van der Waals surface area contributed by atoms with E-state index in [9.17, 15) is 19.8 Å². The van der Waals surface area contributed by atoms with E-state index in [1.54, 1.807) is 12.1 Å². The molecule has 0 radical (unpaired) electrons. The van der Waals surface area contributed by atoms with Crippen molar-refractivity contribution in [2.75, 3.05) is 13.1 Å². The number of urea groups is 1. The number of benzene rings is 1. The van der Waals surface area contributed by atoms with Crippen LogP contribution in [0.25, 0.3) is 0 Å². The van der Waals surface area contributed by atoms with E-state index >= 15 is 0 Å². The van der Waals surface area contributed by atoms with Gasteiger partial charge in [0.05, 0.1) is 30.9 Å². The maximum Gasteiger partial charge on any atom is 0.335 e. The van der Waals surface area contributed by atoms with E-state index in [4.69, 9.17) is 5.11 Å². The van der Waals surface area contributed by atoms with Crippen LogP contribution in [-0.4, -0.2) is 57.5 Å². The van der Waals surface area contributed by atoms with Gasteiger partial charge in [-0.2, -0.15) is 0 Å². The Bertz CT molecular complexity index is 492. The number of carboxylic acid groups (broad SMARTS) is 1. The van der Waals surface area contributed by atoms with Crippen molar-refractivity contribution in [3.8, 4) is 0 Å². The van der Waals surface area contributed by atoms with Crippen LogP contribution in [0.5, 0.6) is 0 Å². The number of amides is 2. The zero-order chi connectivity index (χ0) is 14.7. The number of aliphatic hydroxyl groups is 2. The number of aromatic carboxylic acids is 1. The zero-order valence-electron chi connectivity index (χ0n) is 10.7. The summed E-state index contributed by atoms with van der Waals surface area (Å²) in [6.07, 6.45) is -1.81. The van der Waals surface area contributed by atoms with Crippen LogP contribution >= 0.6 is 0 Å². The molecule has 2 amide bonds. The lowest BCUT2D eigenvalue weighted by molar-refractivity contribution is 0.0572. The topological polar surface area (TPSA) is 110 Å². The van der Waals surface area contributed by atoms with Gasteiger partial charge in [-0.25, -0.2) is 9.59 Å². The maximum atomic E-state index is 11.8. The van der Waals surface area contributed by atoms with Crippen LogP contribution < -0.4 is 5.32 Å². The van der Waals surface area contributed by atoms with E-state index in [0.717, 1.165) is 5.56 Å². The lowest BCUT2D eigenvalue weighted by Crippen LogP contribution is -2.38. The molecule has 1 fully saturated rings. The number of likely N-dealkylation sites (tertiary alicyclic amines) is 1. The number of carboxylic acids is 1. The first kappa shape index (κ1) is 14.3. The van der Waals surface area contributed by atoms with E-state index in [1.807, 2.05) is 0 Å². The number of hydrogen-bond donors (Lipinski definition) is 4. The second kappa shape index (κ2) is 5.89. The smallest absolute Gasteiger partial charge is 0.335 e. The van der Waals surface area contributed by atoms with E-state index in [2.05, 4.69) is 5.32 Å². The van der Waals surface area contributed by atoms with Crippen molar-refractivity contribution in [1.29, 1.82) is 0 Å². The van der Waals surface area contributed by atoms with Crippen LogP contribution in [0, 0.1) is 0 Å². The first-order chi connectivity index (χ1) is 9.47. The van der Waals surface area contributed by atoms with Gasteiger partial charge in [0.15, 0.2) is 0 Å². The Balaban J connectivity index is 1.86. The molecule has 2 rings (SSSR count). The summed E-state index contributed by atoms with van der Waals surface area (Å²) in [6.45, 7) is 0.456. The lowest BCUT2D eigenvalue weighted by Gasteiger charge is -2.16. The van der Waals surface area contributed by atoms with Crippen molar-refractivity contribution in [2.45, 2.75) is 18.8 Å². The Morgan fingerprint density at radius 3 is 2.20 bits per heavy atom. The molecule has 0 bridgehead atoms. The van der Waals surface area contributed by atoms with E-state index in [-0.39, 0.29) is 31.2 Å². The Kier molecular flexibility index (Phi) is 4.21. The van der Waals surface area contributed by atoms with Crippen molar-refractivity contribution in [3.63, 3.8) is 0 Å². The van der Waals surface area contributed by atoms with Crippen LogP contribution in [0.3, 0.4) is 0 Å². The third kappa shape index (κ3) is 3.25. The van der Waals surface area contributed by atoms with Gasteiger partial charge in [0.25, 0.3) is 0 Å². The minimum atomic E-state index is -0.999. The Morgan fingerprint density at radius 1 is 1.15 bits per heavy atom. The molecule has 0 aromatic heterocycles. The molecule has 2 unspecified atom stereocenters. The van der Waals surface area contributed by atoms with Crippen molar-refractivity contribution < 1.29 is 24.9 Å². The second-order valence-corrected chi connectivity index (χ2v) is 4.70. The average molecular weight is 280 g/mol. The molecule has 108 valence electrons. The van der Waals surface area contributed by atoms with Crippen LogP contribution in [0.4, 0.5) is 4.79 Å². The summed E-state index contributed by atoms with van der Waals surface area (Å²) in [4.78, 5) is 23.8. The number of β-amino-alcohol motifs (C(OH)–C–C–N with tert-alkyl or cyclic N) is 2. The molecule has 0 aliphatic carbocycles. The van der Waals surface area contributed by atoms with Crippen LogP contribution in [0.1, 0.15) is 15.9 Å². The fourth-order valence-electron chi connectivity index (χ4n) is 1.99. The highest BCUT2D eigenvalue weighted by atomic mass is 16.4. The minimum Gasteiger partial charge on any atom is -0.478 e. The predicted octanol–water partition coefficient (Wildman–Crippen LogP) is -0.368. The van der Waals surface area contributed by atoms with Gasteiger partial charge in [-0.15, -0.1) is 0 Å². The highest BCUT2D eigenvalue weighted by molar-refractivity contribution is 5.87. The number of nitrogens with zero attached hydrogens (tertiary/aromatic N) is 1. The van der Waals surface area contributed by atoms with Crippen molar-refractivity contribution in [1.82, 2.24) is 10.2 Å². The third-order valence-electron chi connectivity index (χ3n) is 3.19. The maximum absolute atomic E-state index is 11.8. The molecule has 1 aliphatic heterocycles. The van der Waals surface area contributed by atoms with Crippen LogP contribution in [-0.2, 0) is 6.54 Å². The van der Waals surface area contributed by atoms with E-state index in [1.165, 1.54) is 17.0 Å². The molecular weight excluding hydrogens is 264 g/mol. The van der Waals surface area contributed by atoms with E-state index < -0.39 is 18.2 Å². The van der Waals surface area contributed by atoms with Gasteiger partial charge in [-0.1, -0.05) is 12.1 Å². The summed E-state index contributed by atoms with van der Waals surface area (Å²) in [5.41, 5.74) is 0.953. The average Bonchev–Trinajstić information content (AvgIpc) is 2.76. The summed E-state index contributed by atoms with van der Waals surface area (Å²) in [5.74, 6) is -0.999.